The lowest BCUT2D eigenvalue weighted by molar-refractivity contribution is 0.0538. The molecule has 2 rings (SSSR count). The third kappa shape index (κ3) is 4.57. The van der Waals surface area contributed by atoms with Gasteiger partial charge in [-0.05, 0) is 51.1 Å². The minimum atomic E-state index is -1.95. The van der Waals surface area contributed by atoms with Gasteiger partial charge in [-0.15, -0.1) is 0 Å². The van der Waals surface area contributed by atoms with E-state index in [1.165, 1.54) is 57.4 Å². The fraction of sp³-hybridized carbons (Fsp3) is 1.00. The molecule has 2 nitrogen and oxygen atoms in total. The van der Waals surface area contributed by atoms with Crippen LogP contribution < -0.4 is 0 Å². The molecular weight excluding hydrogens is 252 g/mol. The molecule has 3 heteroatoms. The molecule has 2 unspecified atom stereocenters. The summed E-state index contributed by atoms with van der Waals surface area (Å²) in [5.41, 5.74) is 0. The molecule has 2 aliphatic carbocycles. The molecule has 0 spiro atoms. The molecule has 2 aliphatic rings. The summed E-state index contributed by atoms with van der Waals surface area (Å²) in [4.78, 5) is 0. The highest BCUT2D eigenvalue weighted by molar-refractivity contribution is 6.66. The second-order valence-corrected chi connectivity index (χ2v) is 9.99. The van der Waals surface area contributed by atoms with E-state index >= 15 is 0 Å². The number of hydrogen-bond donors (Lipinski definition) is 0. The third-order valence-corrected chi connectivity index (χ3v) is 8.17. The van der Waals surface area contributed by atoms with Crippen LogP contribution in [0, 0.1) is 11.8 Å². The maximum absolute atomic E-state index is 6.50. The van der Waals surface area contributed by atoms with Gasteiger partial charge in [0, 0.05) is 12.7 Å². The fourth-order valence-corrected chi connectivity index (χ4v) is 7.09. The van der Waals surface area contributed by atoms with Crippen LogP contribution in [-0.2, 0) is 8.85 Å². The van der Waals surface area contributed by atoms with Crippen molar-refractivity contribution < 1.29 is 8.85 Å². The minimum Gasteiger partial charge on any atom is -0.395 e. The normalized spacial score (nSPS) is 26.7. The second-order valence-electron chi connectivity index (χ2n) is 6.79. The Hall–Kier alpha value is 0.137. The summed E-state index contributed by atoms with van der Waals surface area (Å²) in [6.45, 7) is 7.51. The van der Waals surface area contributed by atoms with Crippen molar-refractivity contribution in [2.45, 2.75) is 83.9 Å². The van der Waals surface area contributed by atoms with E-state index in [0.29, 0.717) is 6.10 Å². The highest BCUT2D eigenvalue weighted by atomic mass is 28.4. The minimum absolute atomic E-state index is 0.417. The Kier molecular flexibility index (Phi) is 5.91. The van der Waals surface area contributed by atoms with Gasteiger partial charge in [-0.3, -0.25) is 0 Å². The molecule has 0 amide bonds. The topological polar surface area (TPSA) is 18.5 Å². The van der Waals surface area contributed by atoms with Crippen LogP contribution in [0.1, 0.15) is 65.2 Å². The lowest BCUT2D eigenvalue weighted by atomic mass is 9.82. The molecule has 19 heavy (non-hydrogen) atoms. The Morgan fingerprint density at radius 2 is 1.74 bits per heavy atom. The average Bonchev–Trinajstić information content (AvgIpc) is 2.27. The highest BCUT2D eigenvalue weighted by Crippen LogP contribution is 2.36. The zero-order chi connectivity index (χ0) is 13.7. The van der Waals surface area contributed by atoms with Gasteiger partial charge in [-0.25, -0.2) is 0 Å². The molecule has 112 valence electrons. The molecule has 0 aromatic carbocycles. The van der Waals surface area contributed by atoms with Gasteiger partial charge in [0.15, 0.2) is 0 Å². The van der Waals surface area contributed by atoms with Crippen LogP contribution in [0.3, 0.4) is 0 Å². The van der Waals surface area contributed by atoms with Crippen LogP contribution in [0.4, 0.5) is 0 Å². The van der Waals surface area contributed by atoms with Gasteiger partial charge < -0.3 is 8.85 Å². The first-order chi connectivity index (χ1) is 9.13. The molecule has 0 aromatic rings. The van der Waals surface area contributed by atoms with Crippen molar-refractivity contribution >= 4 is 8.56 Å². The largest absolute Gasteiger partial charge is 0.395 e. The highest BCUT2D eigenvalue weighted by Gasteiger charge is 2.38. The van der Waals surface area contributed by atoms with Crippen molar-refractivity contribution in [3.63, 3.8) is 0 Å². The van der Waals surface area contributed by atoms with Gasteiger partial charge in [-0.1, -0.05) is 38.5 Å². The van der Waals surface area contributed by atoms with Gasteiger partial charge in [0.2, 0.25) is 0 Å². The molecule has 0 radical (unpaired) electrons. The van der Waals surface area contributed by atoms with E-state index in [2.05, 4.69) is 20.4 Å². The smallest absolute Gasteiger partial charge is 0.335 e. The average molecular weight is 285 g/mol. The van der Waals surface area contributed by atoms with E-state index in [1.807, 2.05) is 0 Å². The van der Waals surface area contributed by atoms with Gasteiger partial charge in [-0.2, -0.15) is 0 Å². The first-order valence-electron chi connectivity index (χ1n) is 8.45. The first-order valence-corrected chi connectivity index (χ1v) is 11.0. The Labute approximate surface area is 120 Å². The summed E-state index contributed by atoms with van der Waals surface area (Å²) in [6, 6.07) is 1.22. The van der Waals surface area contributed by atoms with Crippen molar-refractivity contribution in [3.8, 4) is 0 Å². The monoisotopic (exact) mass is 284 g/mol. The Morgan fingerprint density at radius 1 is 1.05 bits per heavy atom. The SMILES string of the molecule is CCO[Si](C)(CC1CCCCC1)OC(C)C1CCC1. The van der Waals surface area contributed by atoms with Crippen LogP contribution in [0.5, 0.6) is 0 Å². The van der Waals surface area contributed by atoms with Crippen molar-refractivity contribution in [3.05, 3.63) is 0 Å². The van der Waals surface area contributed by atoms with E-state index in [4.69, 9.17) is 8.85 Å². The summed E-state index contributed by atoms with van der Waals surface area (Å²) in [5.74, 6) is 1.67. The van der Waals surface area contributed by atoms with Crippen molar-refractivity contribution in [2.75, 3.05) is 6.61 Å². The van der Waals surface area contributed by atoms with Gasteiger partial charge in [0.05, 0.1) is 0 Å². The van der Waals surface area contributed by atoms with E-state index in [0.717, 1.165) is 18.4 Å². The third-order valence-electron chi connectivity index (χ3n) is 5.08. The van der Waals surface area contributed by atoms with Gasteiger partial charge in [0.1, 0.15) is 0 Å². The van der Waals surface area contributed by atoms with Crippen molar-refractivity contribution in [2.24, 2.45) is 11.8 Å². The van der Waals surface area contributed by atoms with Crippen LogP contribution in [0.25, 0.3) is 0 Å². The van der Waals surface area contributed by atoms with Crippen molar-refractivity contribution in [1.82, 2.24) is 0 Å². The molecule has 2 fully saturated rings. The first kappa shape index (κ1) is 15.5. The lowest BCUT2D eigenvalue weighted by Gasteiger charge is -2.39. The summed E-state index contributed by atoms with van der Waals surface area (Å²) in [5, 5.41) is 0. The van der Waals surface area contributed by atoms with Crippen LogP contribution >= 0.6 is 0 Å². The van der Waals surface area contributed by atoms with E-state index in [1.54, 1.807) is 0 Å². The molecule has 0 N–H and O–H groups in total. The van der Waals surface area contributed by atoms with Crippen LogP contribution in [0.15, 0.2) is 0 Å². The summed E-state index contributed by atoms with van der Waals surface area (Å²) >= 11 is 0. The van der Waals surface area contributed by atoms with Crippen LogP contribution in [-0.4, -0.2) is 21.3 Å². The summed E-state index contributed by atoms with van der Waals surface area (Å²) < 4.78 is 12.6. The van der Waals surface area contributed by atoms with E-state index < -0.39 is 8.56 Å². The maximum atomic E-state index is 6.50. The fourth-order valence-electron chi connectivity index (χ4n) is 3.76. The van der Waals surface area contributed by atoms with Crippen molar-refractivity contribution in [1.29, 1.82) is 0 Å². The molecule has 0 bridgehead atoms. The predicted octanol–water partition coefficient (Wildman–Crippen LogP) is 4.88. The van der Waals surface area contributed by atoms with Crippen LogP contribution in [0.2, 0.25) is 12.6 Å². The standard InChI is InChI=1S/C16H32O2Si/c1-4-17-19(3,13-15-9-6-5-7-10-15)18-14(2)16-11-8-12-16/h14-16H,4-13H2,1-3H3. The Morgan fingerprint density at radius 3 is 2.26 bits per heavy atom. The Balaban J connectivity index is 1.86. The van der Waals surface area contributed by atoms with Gasteiger partial charge >= 0.3 is 8.56 Å². The lowest BCUT2D eigenvalue weighted by Crippen LogP contribution is -2.46. The van der Waals surface area contributed by atoms with Gasteiger partial charge in [0.25, 0.3) is 0 Å². The quantitative estimate of drug-likeness (QED) is 0.620. The predicted molar refractivity (Wildman–Crippen MR) is 82.5 cm³/mol. The molecule has 2 saturated carbocycles. The zero-order valence-corrected chi connectivity index (χ0v) is 14.1. The molecular formula is C16H32O2Si. The summed E-state index contributed by atoms with van der Waals surface area (Å²) in [6.07, 6.45) is 11.6. The molecule has 0 saturated heterocycles. The number of rotatable bonds is 7. The molecule has 0 heterocycles. The van der Waals surface area contributed by atoms with E-state index in [-0.39, 0.29) is 0 Å². The molecule has 0 aromatic heterocycles. The molecule has 0 aliphatic heterocycles. The Bertz CT molecular complexity index is 255. The molecule has 2 atom stereocenters. The second kappa shape index (κ2) is 7.23. The zero-order valence-electron chi connectivity index (χ0n) is 13.1. The summed E-state index contributed by atoms with van der Waals surface area (Å²) in [7, 11) is -1.95. The van der Waals surface area contributed by atoms with E-state index in [9.17, 15) is 0 Å². The number of hydrogen-bond acceptors (Lipinski definition) is 2. The maximum Gasteiger partial charge on any atom is 0.335 e.